The van der Waals surface area contributed by atoms with E-state index in [1.807, 2.05) is 12.1 Å². The molecule has 0 saturated carbocycles. The largest absolute Gasteiger partial charge is 0.493 e. The Bertz CT molecular complexity index is 1270. The second-order valence-electron chi connectivity index (χ2n) is 7.15. The Hall–Kier alpha value is -2.52. The molecule has 0 atom stereocenters. The first-order chi connectivity index (χ1) is 16.4. The summed E-state index contributed by atoms with van der Waals surface area (Å²) in [7, 11) is 1.53. The number of aromatic nitrogens is 1. The summed E-state index contributed by atoms with van der Waals surface area (Å²) in [4.78, 5) is 30.9. The molecule has 10 heteroatoms. The van der Waals surface area contributed by atoms with Crippen molar-refractivity contribution in [2.24, 2.45) is 0 Å². The van der Waals surface area contributed by atoms with Crippen molar-refractivity contribution < 1.29 is 19.1 Å². The topological polar surface area (TPSA) is 68.7 Å². The number of nitrogens with zero attached hydrogens (tertiary/aromatic N) is 2. The van der Waals surface area contributed by atoms with Crippen LogP contribution < -0.4 is 9.47 Å². The van der Waals surface area contributed by atoms with Gasteiger partial charge in [-0.15, -0.1) is 0 Å². The molecule has 2 heterocycles. The van der Waals surface area contributed by atoms with Crippen molar-refractivity contribution in [2.45, 2.75) is 13.2 Å². The maximum Gasteiger partial charge on any atom is 0.293 e. The summed E-state index contributed by atoms with van der Waals surface area (Å²) in [6.07, 6.45) is 5.03. The van der Waals surface area contributed by atoms with Gasteiger partial charge in [-0.05, 0) is 81.3 Å². The summed E-state index contributed by atoms with van der Waals surface area (Å²) in [5.74, 6) is 0.591. The van der Waals surface area contributed by atoms with Gasteiger partial charge in [-0.3, -0.25) is 19.5 Å². The van der Waals surface area contributed by atoms with Crippen LogP contribution in [0.4, 0.5) is 4.79 Å². The molecule has 4 rings (SSSR count). The Kier molecular flexibility index (Phi) is 7.83. The van der Waals surface area contributed by atoms with Crippen LogP contribution in [0.2, 0.25) is 10.0 Å². The van der Waals surface area contributed by atoms with Crippen molar-refractivity contribution in [3.63, 3.8) is 0 Å². The molecule has 0 spiro atoms. The summed E-state index contributed by atoms with van der Waals surface area (Å²) in [6, 6.07) is 12.3. The minimum atomic E-state index is -0.418. The van der Waals surface area contributed by atoms with E-state index in [-0.39, 0.29) is 11.4 Å². The lowest BCUT2D eigenvalue weighted by Crippen LogP contribution is -2.27. The first-order valence-corrected chi connectivity index (χ1v) is 12.3. The Balaban J connectivity index is 1.56. The maximum atomic E-state index is 13.0. The predicted octanol–water partition coefficient (Wildman–Crippen LogP) is 6.98. The summed E-state index contributed by atoms with van der Waals surface area (Å²) < 4.78 is 12.1. The summed E-state index contributed by atoms with van der Waals surface area (Å²) in [6.45, 7) is 0.329. The predicted molar refractivity (Wildman–Crippen MR) is 137 cm³/mol. The van der Waals surface area contributed by atoms with E-state index in [0.29, 0.717) is 43.8 Å². The van der Waals surface area contributed by atoms with E-state index in [0.717, 1.165) is 22.2 Å². The zero-order valence-corrected chi connectivity index (χ0v) is 21.7. The van der Waals surface area contributed by atoms with E-state index >= 15 is 0 Å². The smallest absolute Gasteiger partial charge is 0.293 e. The van der Waals surface area contributed by atoms with Gasteiger partial charge in [0, 0.05) is 28.0 Å². The average molecular weight is 580 g/mol. The van der Waals surface area contributed by atoms with Gasteiger partial charge in [-0.25, -0.2) is 0 Å². The summed E-state index contributed by atoms with van der Waals surface area (Å²) in [5, 5.41) is 0.397. The number of carbonyl (C=O) groups excluding carboxylic acids is 2. The van der Waals surface area contributed by atoms with Gasteiger partial charge in [-0.1, -0.05) is 29.3 Å². The van der Waals surface area contributed by atoms with E-state index in [1.165, 1.54) is 7.11 Å². The van der Waals surface area contributed by atoms with Gasteiger partial charge < -0.3 is 9.47 Å². The number of ether oxygens (including phenoxy) is 2. The highest BCUT2D eigenvalue weighted by Crippen LogP contribution is 2.40. The SMILES string of the molecule is COc1cc(/C=C2\SC(=O)N(Cc3c(Cl)cccc3Cl)C2=O)cc(Br)c1OCc1ccncc1. The van der Waals surface area contributed by atoms with Crippen molar-refractivity contribution in [1.82, 2.24) is 9.88 Å². The zero-order chi connectivity index (χ0) is 24.2. The minimum Gasteiger partial charge on any atom is -0.493 e. The van der Waals surface area contributed by atoms with Gasteiger partial charge in [0.2, 0.25) is 0 Å². The fourth-order valence-corrected chi connectivity index (χ4v) is 5.16. The molecule has 2 aromatic carbocycles. The molecular weight excluding hydrogens is 563 g/mol. The third-order valence-corrected chi connectivity index (χ3v) is 7.14. The summed E-state index contributed by atoms with van der Waals surface area (Å²) in [5.41, 5.74) is 2.15. The van der Waals surface area contributed by atoms with Crippen LogP contribution in [0.15, 0.2) is 64.2 Å². The number of pyridine rings is 1. The molecule has 0 aliphatic carbocycles. The number of methoxy groups -OCH3 is 1. The Morgan fingerprint density at radius 3 is 2.50 bits per heavy atom. The van der Waals surface area contributed by atoms with Gasteiger partial charge >= 0.3 is 0 Å². The lowest BCUT2D eigenvalue weighted by molar-refractivity contribution is -0.123. The number of hydrogen-bond acceptors (Lipinski definition) is 6. The number of hydrogen-bond donors (Lipinski definition) is 0. The zero-order valence-electron chi connectivity index (χ0n) is 17.8. The third-order valence-electron chi connectivity index (χ3n) is 4.93. The first-order valence-electron chi connectivity index (χ1n) is 9.95. The first kappa shape index (κ1) is 24.6. The second-order valence-corrected chi connectivity index (χ2v) is 9.81. The fraction of sp³-hybridized carbons (Fsp3) is 0.125. The minimum absolute atomic E-state index is 0.00465. The summed E-state index contributed by atoms with van der Waals surface area (Å²) >= 11 is 16.8. The quantitative estimate of drug-likeness (QED) is 0.281. The van der Waals surface area contributed by atoms with E-state index in [2.05, 4.69) is 20.9 Å². The van der Waals surface area contributed by atoms with Crippen LogP contribution >= 0.6 is 50.9 Å². The number of carbonyl (C=O) groups is 2. The third kappa shape index (κ3) is 5.41. The van der Waals surface area contributed by atoms with Crippen LogP contribution in [0.3, 0.4) is 0 Å². The molecule has 0 bridgehead atoms. The van der Waals surface area contributed by atoms with E-state index < -0.39 is 11.1 Å². The molecular formula is C24H17BrCl2N2O4S. The number of amides is 2. The molecule has 0 N–H and O–H groups in total. The number of benzene rings is 2. The van der Waals surface area contributed by atoms with Crippen LogP contribution in [-0.2, 0) is 17.9 Å². The van der Waals surface area contributed by atoms with Gasteiger partial charge in [0.05, 0.1) is 23.0 Å². The van der Waals surface area contributed by atoms with Crippen LogP contribution in [0, 0.1) is 0 Å². The van der Waals surface area contributed by atoms with Crippen molar-refractivity contribution in [1.29, 1.82) is 0 Å². The maximum absolute atomic E-state index is 13.0. The molecule has 0 unspecified atom stereocenters. The highest BCUT2D eigenvalue weighted by atomic mass is 79.9. The van der Waals surface area contributed by atoms with Crippen LogP contribution in [-0.4, -0.2) is 28.1 Å². The monoisotopic (exact) mass is 578 g/mol. The molecule has 2 amide bonds. The van der Waals surface area contributed by atoms with Crippen molar-refractivity contribution in [3.05, 3.63) is 91.0 Å². The number of imide groups is 1. The van der Waals surface area contributed by atoms with Crippen LogP contribution in [0.5, 0.6) is 11.5 Å². The number of thioether (sulfide) groups is 1. The Labute approximate surface area is 219 Å². The molecule has 1 saturated heterocycles. The molecule has 0 radical (unpaired) electrons. The number of halogens is 3. The van der Waals surface area contributed by atoms with Crippen LogP contribution in [0.25, 0.3) is 6.08 Å². The van der Waals surface area contributed by atoms with Crippen molar-refractivity contribution >= 4 is 68.1 Å². The standard InChI is InChI=1S/C24H17BrCl2N2O4S/c1-32-20-10-15(9-17(25)22(20)33-13-14-5-7-28-8-6-14)11-21-23(30)29(24(31)34-21)12-16-18(26)3-2-4-19(16)27/h2-11H,12-13H2,1H3/b21-11-. The second kappa shape index (κ2) is 10.8. The molecule has 174 valence electrons. The molecule has 3 aromatic rings. The van der Waals surface area contributed by atoms with Crippen molar-refractivity contribution in [2.75, 3.05) is 7.11 Å². The van der Waals surface area contributed by atoms with Gasteiger partial charge in [0.1, 0.15) is 6.61 Å². The average Bonchev–Trinajstić information content (AvgIpc) is 3.08. The molecule has 1 aromatic heterocycles. The van der Waals surface area contributed by atoms with Crippen molar-refractivity contribution in [3.8, 4) is 11.5 Å². The Morgan fingerprint density at radius 1 is 1.12 bits per heavy atom. The van der Waals surface area contributed by atoms with Crippen LogP contribution in [0.1, 0.15) is 16.7 Å². The highest BCUT2D eigenvalue weighted by Gasteiger charge is 2.35. The highest BCUT2D eigenvalue weighted by molar-refractivity contribution is 9.10. The van der Waals surface area contributed by atoms with E-state index in [4.69, 9.17) is 32.7 Å². The van der Waals surface area contributed by atoms with Gasteiger partial charge in [0.15, 0.2) is 11.5 Å². The lowest BCUT2D eigenvalue weighted by Gasteiger charge is -2.15. The normalized spacial score (nSPS) is 14.7. The molecule has 34 heavy (non-hydrogen) atoms. The molecule has 6 nitrogen and oxygen atoms in total. The van der Waals surface area contributed by atoms with Gasteiger partial charge in [-0.2, -0.15) is 0 Å². The molecule has 1 aliphatic heterocycles. The van der Waals surface area contributed by atoms with Gasteiger partial charge in [0.25, 0.3) is 11.1 Å². The lowest BCUT2D eigenvalue weighted by atomic mass is 10.1. The number of rotatable bonds is 7. The Morgan fingerprint density at radius 2 is 1.82 bits per heavy atom. The molecule has 1 aliphatic rings. The van der Waals surface area contributed by atoms with E-state index in [1.54, 1.807) is 48.8 Å². The molecule has 1 fully saturated rings. The van der Waals surface area contributed by atoms with E-state index in [9.17, 15) is 9.59 Å². The fourth-order valence-electron chi connectivity index (χ4n) is 3.23.